The molecule has 0 unspecified atom stereocenters. The van der Waals surface area contributed by atoms with E-state index in [0.717, 1.165) is 10.5 Å². The van der Waals surface area contributed by atoms with Crippen molar-refractivity contribution in [2.75, 3.05) is 20.1 Å². The lowest BCUT2D eigenvalue weighted by atomic mass is 10.2. The highest BCUT2D eigenvalue weighted by atomic mass is 16.2. The fourth-order valence-corrected chi connectivity index (χ4v) is 1.80. The van der Waals surface area contributed by atoms with Crippen LogP contribution in [0.3, 0.4) is 0 Å². The average molecular weight is 317 g/mol. The fraction of sp³-hybridized carbons (Fsp3) is 0.250. The van der Waals surface area contributed by atoms with Gasteiger partial charge >= 0.3 is 12.1 Å². The number of hydrogen-bond acceptors (Lipinski definition) is 4. The maximum atomic E-state index is 12.3. The topological polar surface area (TPSA) is 86.8 Å². The molecule has 122 valence electrons. The summed E-state index contributed by atoms with van der Waals surface area (Å²) in [6.45, 7) is 1.24. The van der Waals surface area contributed by atoms with Crippen molar-refractivity contribution in [2.24, 2.45) is 0 Å². The molecule has 23 heavy (non-hydrogen) atoms. The molecule has 0 radical (unpaired) electrons. The van der Waals surface area contributed by atoms with Crippen LogP contribution < -0.4 is 5.32 Å². The molecule has 5 amide bonds. The first kappa shape index (κ1) is 18.1. The van der Waals surface area contributed by atoms with E-state index >= 15 is 0 Å². The molecule has 0 bridgehead atoms. The third kappa shape index (κ3) is 5.06. The summed E-state index contributed by atoms with van der Waals surface area (Å²) in [6.07, 6.45) is 3.15. The SMILES string of the molecule is CCN(C(=O)NC)C(=O)N(CC=O)C(=O)/C=C/c1ccccc1. The Balaban J connectivity index is 2.93. The summed E-state index contributed by atoms with van der Waals surface area (Å²) in [4.78, 5) is 48.4. The predicted molar refractivity (Wildman–Crippen MR) is 85.5 cm³/mol. The van der Waals surface area contributed by atoms with Crippen LogP contribution in [0.5, 0.6) is 0 Å². The van der Waals surface area contributed by atoms with E-state index in [1.807, 2.05) is 18.2 Å². The molecule has 0 atom stereocenters. The summed E-state index contributed by atoms with van der Waals surface area (Å²) in [5.74, 6) is -0.673. The smallest absolute Gasteiger partial charge is 0.335 e. The average Bonchev–Trinajstić information content (AvgIpc) is 2.58. The summed E-state index contributed by atoms with van der Waals surface area (Å²) in [5.41, 5.74) is 0.776. The minimum absolute atomic E-state index is 0.0730. The van der Waals surface area contributed by atoms with E-state index < -0.39 is 24.5 Å². The number of carbonyl (C=O) groups is 4. The number of imide groups is 2. The van der Waals surface area contributed by atoms with Crippen molar-refractivity contribution in [3.8, 4) is 0 Å². The molecule has 0 saturated heterocycles. The van der Waals surface area contributed by atoms with Gasteiger partial charge < -0.3 is 10.1 Å². The highest BCUT2D eigenvalue weighted by Crippen LogP contribution is 2.05. The maximum Gasteiger partial charge on any atom is 0.335 e. The largest absolute Gasteiger partial charge is 0.341 e. The molecule has 0 aliphatic rings. The van der Waals surface area contributed by atoms with Gasteiger partial charge in [0.15, 0.2) is 0 Å². The van der Waals surface area contributed by atoms with Crippen molar-refractivity contribution >= 4 is 30.3 Å². The molecular formula is C16H19N3O4. The van der Waals surface area contributed by atoms with Gasteiger partial charge in [-0.25, -0.2) is 14.5 Å². The number of nitrogens with zero attached hydrogens (tertiary/aromatic N) is 2. The molecule has 0 saturated carbocycles. The maximum absolute atomic E-state index is 12.3. The summed E-state index contributed by atoms with van der Waals surface area (Å²) in [5, 5.41) is 2.31. The fourth-order valence-electron chi connectivity index (χ4n) is 1.80. The van der Waals surface area contributed by atoms with Gasteiger partial charge in [0.25, 0.3) is 5.91 Å². The van der Waals surface area contributed by atoms with Crippen molar-refractivity contribution < 1.29 is 19.2 Å². The molecular weight excluding hydrogens is 298 g/mol. The highest BCUT2D eigenvalue weighted by Gasteiger charge is 2.27. The van der Waals surface area contributed by atoms with E-state index in [1.54, 1.807) is 19.1 Å². The third-order valence-corrected chi connectivity index (χ3v) is 2.98. The Morgan fingerprint density at radius 1 is 1.13 bits per heavy atom. The zero-order valence-corrected chi connectivity index (χ0v) is 13.1. The Hall–Kier alpha value is -2.96. The first-order valence-electron chi connectivity index (χ1n) is 7.06. The van der Waals surface area contributed by atoms with Crippen molar-refractivity contribution in [1.82, 2.24) is 15.1 Å². The Bertz CT molecular complexity index is 599. The molecule has 0 heterocycles. The van der Waals surface area contributed by atoms with E-state index in [4.69, 9.17) is 0 Å². The Morgan fingerprint density at radius 2 is 1.78 bits per heavy atom. The number of benzene rings is 1. The molecule has 1 N–H and O–H groups in total. The van der Waals surface area contributed by atoms with Crippen LogP contribution in [0.15, 0.2) is 36.4 Å². The molecule has 0 fully saturated rings. The molecule has 7 heteroatoms. The predicted octanol–water partition coefficient (Wildman–Crippen LogP) is 1.51. The normalized spacial score (nSPS) is 10.2. The van der Waals surface area contributed by atoms with Crippen molar-refractivity contribution in [2.45, 2.75) is 6.92 Å². The van der Waals surface area contributed by atoms with Gasteiger partial charge in [0.2, 0.25) is 0 Å². The second-order valence-corrected chi connectivity index (χ2v) is 4.44. The van der Waals surface area contributed by atoms with Crippen molar-refractivity contribution in [3.05, 3.63) is 42.0 Å². The summed E-state index contributed by atoms with van der Waals surface area (Å²) < 4.78 is 0. The van der Waals surface area contributed by atoms with Gasteiger partial charge in [0, 0.05) is 19.7 Å². The third-order valence-electron chi connectivity index (χ3n) is 2.98. The van der Waals surface area contributed by atoms with Gasteiger partial charge in [-0.3, -0.25) is 9.69 Å². The van der Waals surface area contributed by atoms with E-state index in [1.165, 1.54) is 19.2 Å². The van der Waals surface area contributed by atoms with Crippen LogP contribution in [0.1, 0.15) is 12.5 Å². The molecule has 7 nitrogen and oxygen atoms in total. The lowest BCUT2D eigenvalue weighted by Gasteiger charge is -2.24. The minimum atomic E-state index is -0.846. The van der Waals surface area contributed by atoms with Crippen LogP contribution in [0, 0.1) is 0 Å². The van der Waals surface area contributed by atoms with Crippen molar-refractivity contribution in [3.63, 3.8) is 0 Å². The van der Waals surface area contributed by atoms with Crippen LogP contribution >= 0.6 is 0 Å². The Kier molecular flexibility index (Phi) is 7.19. The van der Waals surface area contributed by atoms with Gasteiger partial charge in [-0.2, -0.15) is 0 Å². The van der Waals surface area contributed by atoms with Crippen molar-refractivity contribution in [1.29, 1.82) is 0 Å². The zero-order valence-electron chi connectivity index (χ0n) is 13.1. The van der Waals surface area contributed by atoms with E-state index in [-0.39, 0.29) is 6.54 Å². The van der Waals surface area contributed by atoms with Crippen LogP contribution in [0.4, 0.5) is 9.59 Å². The van der Waals surface area contributed by atoms with Crippen LogP contribution in [0.2, 0.25) is 0 Å². The van der Waals surface area contributed by atoms with Crippen LogP contribution in [-0.2, 0) is 9.59 Å². The molecule has 0 aliphatic carbocycles. The second kappa shape index (κ2) is 9.14. The van der Waals surface area contributed by atoms with E-state index in [0.29, 0.717) is 11.2 Å². The van der Waals surface area contributed by atoms with Gasteiger partial charge in [0.1, 0.15) is 6.29 Å². The number of amides is 5. The standard InChI is InChI=1S/C16H19N3O4/c1-3-18(15(22)17-2)16(23)19(11-12-20)14(21)10-9-13-7-5-4-6-8-13/h4-10,12H,3,11H2,1-2H3,(H,17,22)/b10-9+. The molecule has 0 spiro atoms. The van der Waals surface area contributed by atoms with Gasteiger partial charge in [0.05, 0.1) is 6.54 Å². The van der Waals surface area contributed by atoms with Gasteiger partial charge in [-0.05, 0) is 18.6 Å². The first-order chi connectivity index (χ1) is 11.0. The highest BCUT2D eigenvalue weighted by molar-refractivity contribution is 6.07. The number of hydrogen-bond donors (Lipinski definition) is 1. The quantitative estimate of drug-likeness (QED) is 0.659. The van der Waals surface area contributed by atoms with Crippen LogP contribution in [0.25, 0.3) is 6.08 Å². The number of rotatable bonds is 5. The minimum Gasteiger partial charge on any atom is -0.341 e. The molecule has 1 aromatic carbocycles. The first-order valence-corrected chi connectivity index (χ1v) is 7.06. The Labute approximate surface area is 134 Å². The van der Waals surface area contributed by atoms with E-state index in [2.05, 4.69) is 5.32 Å². The summed E-state index contributed by atoms with van der Waals surface area (Å²) >= 11 is 0. The molecule has 0 aromatic heterocycles. The van der Waals surface area contributed by atoms with Gasteiger partial charge in [-0.1, -0.05) is 30.3 Å². The van der Waals surface area contributed by atoms with Crippen LogP contribution in [-0.4, -0.2) is 54.2 Å². The summed E-state index contributed by atoms with van der Waals surface area (Å²) in [6, 6.07) is 7.54. The number of urea groups is 2. The van der Waals surface area contributed by atoms with Gasteiger partial charge in [-0.15, -0.1) is 0 Å². The van der Waals surface area contributed by atoms with E-state index in [9.17, 15) is 19.2 Å². The molecule has 1 aromatic rings. The monoisotopic (exact) mass is 317 g/mol. The second-order valence-electron chi connectivity index (χ2n) is 4.44. The lowest BCUT2D eigenvalue weighted by molar-refractivity contribution is -0.125. The summed E-state index contributed by atoms with van der Waals surface area (Å²) in [7, 11) is 1.37. The Morgan fingerprint density at radius 3 is 2.30 bits per heavy atom. The number of nitrogens with one attached hydrogen (secondary N) is 1. The molecule has 1 rings (SSSR count). The number of aldehydes is 1. The molecule has 0 aliphatic heterocycles. The number of carbonyl (C=O) groups excluding carboxylic acids is 4. The lowest BCUT2D eigenvalue weighted by Crippen LogP contribution is -2.51. The zero-order chi connectivity index (χ0) is 17.2.